The molecule has 0 spiro atoms. The first kappa shape index (κ1) is 15.9. The van der Waals surface area contributed by atoms with Gasteiger partial charge in [-0.1, -0.05) is 18.2 Å². The van der Waals surface area contributed by atoms with Crippen molar-refractivity contribution in [2.75, 3.05) is 13.1 Å². The van der Waals surface area contributed by atoms with Crippen LogP contribution in [0.2, 0.25) is 0 Å². The lowest BCUT2D eigenvalue weighted by Gasteiger charge is -2.31. The van der Waals surface area contributed by atoms with E-state index in [1.165, 1.54) is 21.3 Å². The minimum absolute atomic E-state index is 0.0779. The summed E-state index contributed by atoms with van der Waals surface area (Å²) in [5, 5.41) is 14.6. The first-order valence-corrected chi connectivity index (χ1v) is 8.71. The molecule has 0 amide bonds. The van der Waals surface area contributed by atoms with Crippen LogP contribution in [-0.2, 0) is 17.9 Å². The third kappa shape index (κ3) is 3.58. The Morgan fingerprint density at radius 3 is 3.04 bits per heavy atom. The van der Waals surface area contributed by atoms with Gasteiger partial charge in [0, 0.05) is 36.4 Å². The molecule has 1 aliphatic rings. The number of H-pyrrole nitrogens is 1. The summed E-state index contributed by atoms with van der Waals surface area (Å²) in [7, 11) is 0. The highest BCUT2D eigenvalue weighted by atomic mass is 16.4. The SMILES string of the molecule is O=C(O)Cn1ccc([C@@H]2CCCN(Cc3cc4ccccc4[nH]3)C2)n1. The second-order valence-corrected chi connectivity index (χ2v) is 6.79. The molecule has 2 aromatic heterocycles. The van der Waals surface area contributed by atoms with Gasteiger partial charge in [-0.15, -0.1) is 0 Å². The minimum Gasteiger partial charge on any atom is -0.480 e. The number of hydrogen-bond donors (Lipinski definition) is 2. The van der Waals surface area contributed by atoms with E-state index in [0.29, 0.717) is 5.92 Å². The number of carbonyl (C=O) groups is 1. The second kappa shape index (κ2) is 6.72. The Bertz CT molecular complexity index is 849. The molecular weight excluding hydrogens is 316 g/mol. The maximum atomic E-state index is 10.8. The number of carboxylic acid groups (broad SMARTS) is 1. The molecule has 3 aromatic rings. The summed E-state index contributed by atoms with van der Waals surface area (Å²) in [6, 6.07) is 12.5. The zero-order valence-electron chi connectivity index (χ0n) is 14.1. The number of para-hydroxylation sites is 1. The Morgan fingerprint density at radius 2 is 2.20 bits per heavy atom. The van der Waals surface area contributed by atoms with Crippen molar-refractivity contribution >= 4 is 16.9 Å². The number of rotatable bonds is 5. The van der Waals surface area contributed by atoms with Crippen LogP contribution in [0, 0.1) is 0 Å². The third-order valence-electron chi connectivity index (χ3n) is 4.86. The maximum Gasteiger partial charge on any atom is 0.325 e. The van der Waals surface area contributed by atoms with Gasteiger partial charge in [-0.2, -0.15) is 5.10 Å². The lowest BCUT2D eigenvalue weighted by atomic mass is 9.95. The fourth-order valence-corrected chi connectivity index (χ4v) is 3.72. The van der Waals surface area contributed by atoms with Gasteiger partial charge >= 0.3 is 5.97 Å². The predicted octanol–water partition coefficient (Wildman–Crippen LogP) is 2.83. The molecule has 1 aliphatic heterocycles. The summed E-state index contributed by atoms with van der Waals surface area (Å²) in [5.74, 6) is -0.494. The van der Waals surface area contributed by atoms with Crippen molar-refractivity contribution in [1.82, 2.24) is 19.7 Å². The maximum absolute atomic E-state index is 10.8. The summed E-state index contributed by atoms with van der Waals surface area (Å²) in [4.78, 5) is 16.8. The van der Waals surface area contributed by atoms with E-state index in [1.54, 1.807) is 6.20 Å². The van der Waals surface area contributed by atoms with E-state index < -0.39 is 5.97 Å². The highest BCUT2D eigenvalue weighted by Gasteiger charge is 2.23. The van der Waals surface area contributed by atoms with Crippen molar-refractivity contribution in [2.45, 2.75) is 31.8 Å². The van der Waals surface area contributed by atoms with E-state index in [1.807, 2.05) is 12.1 Å². The number of hydrogen-bond acceptors (Lipinski definition) is 3. The minimum atomic E-state index is -0.862. The van der Waals surface area contributed by atoms with Crippen LogP contribution in [0.3, 0.4) is 0 Å². The van der Waals surface area contributed by atoms with Gasteiger partial charge in [-0.3, -0.25) is 14.4 Å². The quantitative estimate of drug-likeness (QED) is 0.750. The molecule has 6 nitrogen and oxygen atoms in total. The molecule has 0 aliphatic carbocycles. The summed E-state index contributed by atoms with van der Waals surface area (Å²) in [6.07, 6.45) is 4.00. The number of aromatic nitrogens is 3. The zero-order chi connectivity index (χ0) is 17.2. The molecule has 0 radical (unpaired) electrons. The molecular formula is C19H22N4O2. The number of aliphatic carboxylic acids is 1. The largest absolute Gasteiger partial charge is 0.480 e. The van der Waals surface area contributed by atoms with Gasteiger partial charge in [-0.05, 0) is 43.0 Å². The third-order valence-corrected chi connectivity index (χ3v) is 4.86. The van der Waals surface area contributed by atoms with E-state index in [2.05, 4.69) is 39.2 Å². The van der Waals surface area contributed by atoms with Crippen LogP contribution >= 0.6 is 0 Å². The number of likely N-dealkylation sites (tertiary alicyclic amines) is 1. The van der Waals surface area contributed by atoms with Crippen LogP contribution in [0.1, 0.15) is 30.1 Å². The fraction of sp³-hybridized carbons (Fsp3) is 0.368. The van der Waals surface area contributed by atoms with Gasteiger partial charge in [0.1, 0.15) is 6.54 Å². The van der Waals surface area contributed by atoms with E-state index in [0.717, 1.165) is 38.2 Å². The van der Waals surface area contributed by atoms with Crippen LogP contribution in [-0.4, -0.2) is 43.8 Å². The predicted molar refractivity (Wildman–Crippen MR) is 95.4 cm³/mol. The Hall–Kier alpha value is -2.60. The Balaban J connectivity index is 1.43. The molecule has 25 heavy (non-hydrogen) atoms. The molecule has 1 fully saturated rings. The van der Waals surface area contributed by atoms with Crippen molar-refractivity contribution in [3.8, 4) is 0 Å². The lowest BCUT2D eigenvalue weighted by molar-refractivity contribution is -0.137. The number of nitrogens with zero attached hydrogens (tertiary/aromatic N) is 3. The first-order chi connectivity index (χ1) is 12.2. The zero-order valence-corrected chi connectivity index (χ0v) is 14.1. The van der Waals surface area contributed by atoms with Crippen LogP contribution in [0.25, 0.3) is 10.9 Å². The molecule has 0 saturated carbocycles. The fourth-order valence-electron chi connectivity index (χ4n) is 3.72. The van der Waals surface area contributed by atoms with Crippen LogP contribution in [0.5, 0.6) is 0 Å². The molecule has 4 rings (SSSR count). The van der Waals surface area contributed by atoms with Gasteiger partial charge in [0.2, 0.25) is 0 Å². The first-order valence-electron chi connectivity index (χ1n) is 8.71. The smallest absolute Gasteiger partial charge is 0.325 e. The van der Waals surface area contributed by atoms with Crippen molar-refractivity contribution in [3.63, 3.8) is 0 Å². The Labute approximate surface area is 146 Å². The van der Waals surface area contributed by atoms with Crippen molar-refractivity contribution < 1.29 is 9.90 Å². The van der Waals surface area contributed by atoms with Crippen molar-refractivity contribution in [3.05, 3.63) is 54.0 Å². The monoisotopic (exact) mass is 338 g/mol. The number of fused-ring (bicyclic) bond motifs is 1. The highest BCUT2D eigenvalue weighted by molar-refractivity contribution is 5.80. The summed E-state index contributed by atoms with van der Waals surface area (Å²) in [6.45, 7) is 2.87. The molecule has 1 atom stereocenters. The van der Waals surface area contributed by atoms with E-state index >= 15 is 0 Å². The molecule has 2 N–H and O–H groups in total. The number of carboxylic acids is 1. The van der Waals surface area contributed by atoms with Crippen LogP contribution < -0.4 is 0 Å². The average molecular weight is 338 g/mol. The molecule has 0 bridgehead atoms. The summed E-state index contributed by atoms with van der Waals surface area (Å²) >= 11 is 0. The van der Waals surface area contributed by atoms with Crippen molar-refractivity contribution in [2.24, 2.45) is 0 Å². The number of aromatic amines is 1. The van der Waals surface area contributed by atoms with Gasteiger partial charge in [0.05, 0.1) is 5.69 Å². The Morgan fingerprint density at radius 1 is 1.32 bits per heavy atom. The summed E-state index contributed by atoms with van der Waals surface area (Å²) in [5.41, 5.74) is 3.42. The summed E-state index contributed by atoms with van der Waals surface area (Å²) < 4.78 is 1.51. The van der Waals surface area contributed by atoms with Gasteiger partial charge < -0.3 is 10.1 Å². The Kier molecular flexibility index (Phi) is 4.28. The van der Waals surface area contributed by atoms with E-state index in [-0.39, 0.29) is 6.54 Å². The van der Waals surface area contributed by atoms with Gasteiger partial charge in [-0.25, -0.2) is 0 Å². The second-order valence-electron chi connectivity index (χ2n) is 6.79. The normalized spacial score (nSPS) is 18.6. The number of piperidine rings is 1. The van der Waals surface area contributed by atoms with E-state index in [4.69, 9.17) is 5.11 Å². The van der Waals surface area contributed by atoms with Gasteiger partial charge in [0.15, 0.2) is 0 Å². The standard InChI is InChI=1S/C19H22N4O2/c24-19(25)13-23-9-7-18(21-23)15-5-3-8-22(11-15)12-16-10-14-4-1-2-6-17(14)20-16/h1-2,4,6-7,9-10,15,20H,3,5,8,11-13H2,(H,24,25)/t15-/m1/s1. The van der Waals surface area contributed by atoms with Crippen molar-refractivity contribution in [1.29, 1.82) is 0 Å². The highest BCUT2D eigenvalue weighted by Crippen LogP contribution is 2.27. The molecule has 130 valence electrons. The number of benzene rings is 1. The average Bonchev–Trinajstić information content (AvgIpc) is 3.20. The molecule has 6 heteroatoms. The number of nitrogens with one attached hydrogen (secondary N) is 1. The molecule has 1 saturated heterocycles. The topological polar surface area (TPSA) is 74.2 Å². The molecule has 1 aromatic carbocycles. The van der Waals surface area contributed by atoms with E-state index in [9.17, 15) is 4.79 Å². The van der Waals surface area contributed by atoms with Gasteiger partial charge in [0.25, 0.3) is 0 Å². The lowest BCUT2D eigenvalue weighted by Crippen LogP contribution is -2.34. The molecule has 0 unspecified atom stereocenters. The van der Waals surface area contributed by atoms with Crippen LogP contribution in [0.4, 0.5) is 0 Å². The van der Waals surface area contributed by atoms with Crippen LogP contribution in [0.15, 0.2) is 42.6 Å². The molecule has 3 heterocycles.